The summed E-state index contributed by atoms with van der Waals surface area (Å²) in [5.41, 5.74) is 0.599. The third-order valence-electron chi connectivity index (χ3n) is 4.01. The monoisotopic (exact) mass is 368 g/mol. The molecular weight excluding hydrogens is 344 g/mol. The SMILES string of the molecule is C[C@@H](CNS(C)(=O)=O)OC(=O)[C@H]1CCCN(C(=O)c2ccccc2)C1. The minimum Gasteiger partial charge on any atom is -0.461 e. The molecule has 1 fully saturated rings. The fourth-order valence-electron chi connectivity index (χ4n) is 2.72. The lowest BCUT2D eigenvalue weighted by atomic mass is 9.97. The van der Waals surface area contributed by atoms with Gasteiger partial charge in [-0.1, -0.05) is 18.2 Å². The Balaban J connectivity index is 1.89. The van der Waals surface area contributed by atoms with Crippen LogP contribution in [0.4, 0.5) is 0 Å². The number of hydrogen-bond donors (Lipinski definition) is 1. The first-order valence-corrected chi connectivity index (χ1v) is 10.1. The number of ether oxygens (including phenoxy) is 1. The van der Waals surface area contributed by atoms with Gasteiger partial charge in [-0.25, -0.2) is 13.1 Å². The topological polar surface area (TPSA) is 92.8 Å². The highest BCUT2D eigenvalue weighted by molar-refractivity contribution is 7.88. The molecule has 0 bridgehead atoms. The molecule has 1 aromatic rings. The molecule has 1 heterocycles. The predicted molar refractivity (Wildman–Crippen MR) is 93.5 cm³/mol. The van der Waals surface area contributed by atoms with E-state index in [0.29, 0.717) is 25.1 Å². The van der Waals surface area contributed by atoms with Crippen LogP contribution >= 0.6 is 0 Å². The van der Waals surface area contributed by atoms with Crippen LogP contribution in [-0.2, 0) is 19.6 Å². The van der Waals surface area contributed by atoms with E-state index in [4.69, 9.17) is 4.74 Å². The zero-order chi connectivity index (χ0) is 18.4. The second-order valence-electron chi connectivity index (χ2n) is 6.32. The van der Waals surface area contributed by atoms with Crippen LogP contribution in [0, 0.1) is 5.92 Å². The molecule has 1 N–H and O–H groups in total. The summed E-state index contributed by atoms with van der Waals surface area (Å²) in [6.07, 6.45) is 1.87. The zero-order valence-corrected chi connectivity index (χ0v) is 15.3. The summed E-state index contributed by atoms with van der Waals surface area (Å²) < 4.78 is 29.8. The minimum atomic E-state index is -3.32. The fourth-order valence-corrected chi connectivity index (χ4v) is 3.26. The van der Waals surface area contributed by atoms with Crippen LogP contribution in [0.15, 0.2) is 30.3 Å². The maximum Gasteiger partial charge on any atom is 0.311 e. The number of amides is 1. The second-order valence-corrected chi connectivity index (χ2v) is 8.16. The van der Waals surface area contributed by atoms with E-state index in [1.165, 1.54) is 0 Å². The van der Waals surface area contributed by atoms with Crippen LogP contribution in [0.3, 0.4) is 0 Å². The molecular formula is C17H24N2O5S. The van der Waals surface area contributed by atoms with Crippen LogP contribution in [0.5, 0.6) is 0 Å². The van der Waals surface area contributed by atoms with E-state index in [1.807, 2.05) is 6.07 Å². The van der Waals surface area contributed by atoms with Gasteiger partial charge in [0, 0.05) is 25.2 Å². The molecule has 0 aromatic heterocycles. The number of carbonyl (C=O) groups excluding carboxylic acids is 2. The molecule has 138 valence electrons. The predicted octanol–water partition coefficient (Wildman–Crippen LogP) is 1.02. The lowest BCUT2D eigenvalue weighted by Gasteiger charge is -2.32. The van der Waals surface area contributed by atoms with Crippen LogP contribution in [0.2, 0.25) is 0 Å². The Hall–Kier alpha value is -1.93. The van der Waals surface area contributed by atoms with Crippen molar-refractivity contribution in [2.75, 3.05) is 25.9 Å². The first-order chi connectivity index (χ1) is 11.8. The second kappa shape index (κ2) is 8.44. The number of benzene rings is 1. The normalized spacial score (nSPS) is 19.3. The summed E-state index contributed by atoms with van der Waals surface area (Å²) in [7, 11) is -3.32. The first-order valence-electron chi connectivity index (χ1n) is 8.25. The van der Waals surface area contributed by atoms with E-state index < -0.39 is 22.1 Å². The Morgan fingerprint density at radius 3 is 2.64 bits per heavy atom. The third kappa shape index (κ3) is 6.13. The lowest BCUT2D eigenvalue weighted by molar-refractivity contribution is -0.154. The van der Waals surface area contributed by atoms with Crippen LogP contribution < -0.4 is 4.72 Å². The van der Waals surface area contributed by atoms with Crippen molar-refractivity contribution in [1.29, 1.82) is 0 Å². The number of sulfonamides is 1. The molecule has 2 atom stereocenters. The molecule has 1 aromatic carbocycles. The lowest BCUT2D eigenvalue weighted by Crippen LogP contribution is -2.44. The molecule has 1 amide bonds. The van der Waals surface area contributed by atoms with E-state index in [-0.39, 0.29) is 18.4 Å². The van der Waals surface area contributed by atoms with Gasteiger partial charge in [-0.15, -0.1) is 0 Å². The Labute approximate surface area is 148 Å². The van der Waals surface area contributed by atoms with Gasteiger partial charge in [0.25, 0.3) is 5.91 Å². The quantitative estimate of drug-likeness (QED) is 0.757. The molecule has 1 aliphatic heterocycles. The maximum atomic E-state index is 12.5. The van der Waals surface area contributed by atoms with E-state index in [1.54, 1.807) is 36.1 Å². The Morgan fingerprint density at radius 1 is 1.32 bits per heavy atom. The molecule has 0 spiro atoms. The zero-order valence-electron chi connectivity index (χ0n) is 14.5. The van der Waals surface area contributed by atoms with Gasteiger partial charge in [0.2, 0.25) is 10.0 Å². The molecule has 1 aliphatic rings. The van der Waals surface area contributed by atoms with Gasteiger partial charge >= 0.3 is 5.97 Å². The molecule has 0 aliphatic carbocycles. The van der Waals surface area contributed by atoms with Crippen molar-refractivity contribution in [1.82, 2.24) is 9.62 Å². The maximum absolute atomic E-state index is 12.5. The largest absolute Gasteiger partial charge is 0.461 e. The average Bonchev–Trinajstić information content (AvgIpc) is 2.59. The third-order valence-corrected chi connectivity index (χ3v) is 4.70. The Morgan fingerprint density at radius 2 is 2.00 bits per heavy atom. The van der Waals surface area contributed by atoms with Gasteiger partial charge in [-0.3, -0.25) is 9.59 Å². The van der Waals surface area contributed by atoms with E-state index >= 15 is 0 Å². The summed E-state index contributed by atoms with van der Waals surface area (Å²) in [6, 6.07) is 8.96. The van der Waals surface area contributed by atoms with Crippen LogP contribution in [-0.4, -0.2) is 57.2 Å². The number of nitrogens with one attached hydrogen (secondary N) is 1. The Kier molecular flexibility index (Phi) is 6.55. The molecule has 2 rings (SSSR count). The van der Waals surface area contributed by atoms with Gasteiger partial charge in [-0.2, -0.15) is 0 Å². The van der Waals surface area contributed by atoms with Crippen molar-refractivity contribution in [2.24, 2.45) is 5.92 Å². The molecule has 7 nitrogen and oxygen atoms in total. The van der Waals surface area contributed by atoms with Crippen molar-refractivity contribution >= 4 is 21.9 Å². The van der Waals surface area contributed by atoms with Crippen molar-refractivity contribution in [3.63, 3.8) is 0 Å². The number of nitrogens with zero attached hydrogens (tertiary/aromatic N) is 1. The average molecular weight is 368 g/mol. The van der Waals surface area contributed by atoms with Gasteiger partial charge < -0.3 is 9.64 Å². The van der Waals surface area contributed by atoms with Crippen molar-refractivity contribution in [3.05, 3.63) is 35.9 Å². The highest BCUT2D eigenvalue weighted by atomic mass is 32.2. The number of piperidine rings is 1. The number of carbonyl (C=O) groups is 2. The molecule has 25 heavy (non-hydrogen) atoms. The van der Waals surface area contributed by atoms with Crippen LogP contribution in [0.1, 0.15) is 30.1 Å². The molecule has 0 saturated carbocycles. The molecule has 8 heteroatoms. The number of esters is 1. The van der Waals surface area contributed by atoms with Crippen LogP contribution in [0.25, 0.3) is 0 Å². The summed E-state index contributed by atoms with van der Waals surface area (Å²) in [5.74, 6) is -0.875. The summed E-state index contributed by atoms with van der Waals surface area (Å²) in [6.45, 7) is 2.59. The molecule has 0 radical (unpaired) electrons. The molecule has 0 unspecified atom stereocenters. The first kappa shape index (κ1) is 19.4. The van der Waals surface area contributed by atoms with Crippen molar-refractivity contribution in [2.45, 2.75) is 25.9 Å². The number of likely N-dealkylation sites (tertiary alicyclic amines) is 1. The molecule has 1 saturated heterocycles. The highest BCUT2D eigenvalue weighted by Crippen LogP contribution is 2.20. The van der Waals surface area contributed by atoms with Gasteiger partial charge in [0.05, 0.1) is 12.2 Å². The summed E-state index contributed by atoms with van der Waals surface area (Å²) in [4.78, 5) is 26.5. The minimum absolute atomic E-state index is 0.0317. The summed E-state index contributed by atoms with van der Waals surface area (Å²) in [5, 5.41) is 0. The number of rotatable bonds is 6. The highest BCUT2D eigenvalue weighted by Gasteiger charge is 2.30. The van der Waals surface area contributed by atoms with Gasteiger partial charge in [0.15, 0.2) is 0 Å². The van der Waals surface area contributed by atoms with E-state index in [0.717, 1.165) is 12.7 Å². The smallest absolute Gasteiger partial charge is 0.311 e. The summed E-state index contributed by atoms with van der Waals surface area (Å²) >= 11 is 0. The van der Waals surface area contributed by atoms with Gasteiger partial charge in [0.1, 0.15) is 6.10 Å². The number of hydrogen-bond acceptors (Lipinski definition) is 5. The van der Waals surface area contributed by atoms with Crippen molar-refractivity contribution < 1.29 is 22.7 Å². The van der Waals surface area contributed by atoms with E-state index in [2.05, 4.69) is 4.72 Å². The Bertz CT molecular complexity index is 705. The van der Waals surface area contributed by atoms with E-state index in [9.17, 15) is 18.0 Å². The standard InChI is InChI=1S/C17H24N2O5S/c1-13(11-18-25(2,22)23)24-17(21)15-9-6-10-19(12-15)16(20)14-7-4-3-5-8-14/h3-5,7-8,13,15,18H,6,9-12H2,1-2H3/t13-,15-/m0/s1. The van der Waals surface area contributed by atoms with Gasteiger partial charge in [-0.05, 0) is 31.9 Å². The van der Waals surface area contributed by atoms with Crippen molar-refractivity contribution in [3.8, 4) is 0 Å². The fraction of sp³-hybridized carbons (Fsp3) is 0.529.